The van der Waals surface area contributed by atoms with E-state index in [0.717, 1.165) is 23.7 Å². The molecule has 4 nitrogen and oxygen atoms in total. The lowest BCUT2D eigenvalue weighted by Crippen LogP contribution is -2.55. The Morgan fingerprint density at radius 1 is 1.17 bits per heavy atom. The van der Waals surface area contributed by atoms with Crippen LogP contribution in [0.1, 0.15) is 42.6 Å². The second-order valence-corrected chi connectivity index (χ2v) is 6.40. The van der Waals surface area contributed by atoms with E-state index < -0.39 is 0 Å². The molecule has 0 aliphatic heterocycles. The van der Waals surface area contributed by atoms with Crippen LogP contribution in [0.3, 0.4) is 0 Å². The van der Waals surface area contributed by atoms with Crippen LogP contribution in [0.25, 0.3) is 0 Å². The molecule has 18 heavy (non-hydrogen) atoms. The zero-order chi connectivity index (χ0) is 12.1. The van der Waals surface area contributed by atoms with E-state index in [-0.39, 0.29) is 5.91 Å². The first-order chi connectivity index (χ1) is 8.79. The number of carbonyl (C=O) groups is 1. The van der Waals surface area contributed by atoms with Gasteiger partial charge in [0.2, 0.25) is 0 Å². The number of aromatic nitrogens is 2. The number of aromatic amines is 1. The lowest BCUT2D eigenvalue weighted by atomic mass is 9.54. The molecule has 1 amide bonds. The average Bonchev–Trinajstić information content (AvgIpc) is 2.86. The molecule has 1 aromatic heterocycles. The second kappa shape index (κ2) is 3.84. The van der Waals surface area contributed by atoms with Crippen LogP contribution in [-0.4, -0.2) is 21.9 Å². The molecule has 2 N–H and O–H groups in total. The van der Waals surface area contributed by atoms with Gasteiger partial charge in [-0.3, -0.25) is 4.79 Å². The molecule has 0 spiro atoms. The molecule has 0 radical (unpaired) electrons. The largest absolute Gasteiger partial charge is 0.347 e. The van der Waals surface area contributed by atoms with E-state index in [1.807, 2.05) is 0 Å². The average molecular weight is 245 g/mol. The van der Waals surface area contributed by atoms with Crippen LogP contribution >= 0.6 is 0 Å². The molecule has 4 aliphatic carbocycles. The quantitative estimate of drug-likeness (QED) is 0.837. The predicted molar refractivity (Wildman–Crippen MR) is 66.9 cm³/mol. The minimum Gasteiger partial charge on any atom is -0.347 e. The normalized spacial score (nSPS) is 41.0. The topological polar surface area (TPSA) is 57.8 Å². The smallest absolute Gasteiger partial charge is 0.269 e. The lowest BCUT2D eigenvalue weighted by Gasteiger charge is -2.54. The summed E-state index contributed by atoms with van der Waals surface area (Å²) in [5.74, 6) is 3.38. The van der Waals surface area contributed by atoms with Gasteiger partial charge in [-0.1, -0.05) is 0 Å². The van der Waals surface area contributed by atoms with E-state index in [2.05, 4.69) is 15.3 Å². The summed E-state index contributed by atoms with van der Waals surface area (Å²) in [6, 6.07) is 0.411. The summed E-state index contributed by atoms with van der Waals surface area (Å²) in [4.78, 5) is 18.9. The molecule has 0 saturated heterocycles. The lowest BCUT2D eigenvalue weighted by molar-refractivity contribution is -0.0120. The Bertz CT molecular complexity index is 426. The van der Waals surface area contributed by atoms with Crippen LogP contribution in [-0.2, 0) is 0 Å². The monoisotopic (exact) mass is 245 g/mol. The number of hydrogen-bond donors (Lipinski definition) is 2. The van der Waals surface area contributed by atoms with Crippen LogP contribution in [0.4, 0.5) is 0 Å². The second-order valence-electron chi connectivity index (χ2n) is 6.40. The molecule has 96 valence electrons. The highest BCUT2D eigenvalue weighted by atomic mass is 16.2. The van der Waals surface area contributed by atoms with Crippen molar-refractivity contribution in [3.63, 3.8) is 0 Å². The predicted octanol–water partition coefficient (Wildman–Crippen LogP) is 1.96. The van der Waals surface area contributed by atoms with Gasteiger partial charge in [0.25, 0.3) is 5.91 Å². The molecule has 4 fully saturated rings. The fourth-order valence-corrected chi connectivity index (χ4v) is 4.77. The van der Waals surface area contributed by atoms with Gasteiger partial charge in [0, 0.05) is 6.04 Å². The van der Waals surface area contributed by atoms with Gasteiger partial charge in [-0.2, -0.15) is 0 Å². The van der Waals surface area contributed by atoms with Crippen molar-refractivity contribution in [2.45, 2.75) is 38.1 Å². The van der Waals surface area contributed by atoms with Crippen molar-refractivity contribution in [3.05, 3.63) is 18.2 Å². The molecule has 5 rings (SSSR count). The van der Waals surface area contributed by atoms with Crippen LogP contribution in [0.2, 0.25) is 0 Å². The summed E-state index contributed by atoms with van der Waals surface area (Å²) in [5.41, 5.74) is 0.587. The van der Waals surface area contributed by atoms with Crippen molar-refractivity contribution in [2.24, 2.45) is 23.7 Å². The number of rotatable bonds is 2. The Hall–Kier alpha value is -1.32. The third-order valence-corrected chi connectivity index (χ3v) is 5.27. The van der Waals surface area contributed by atoms with Gasteiger partial charge in [0.05, 0.1) is 12.5 Å². The van der Waals surface area contributed by atoms with Crippen molar-refractivity contribution in [2.75, 3.05) is 0 Å². The Labute approximate surface area is 107 Å². The van der Waals surface area contributed by atoms with Gasteiger partial charge in [-0.05, 0) is 55.8 Å². The van der Waals surface area contributed by atoms with Gasteiger partial charge in [0.1, 0.15) is 5.69 Å². The fraction of sp³-hybridized carbons (Fsp3) is 0.714. The highest BCUT2D eigenvalue weighted by Gasteiger charge is 2.48. The number of amides is 1. The van der Waals surface area contributed by atoms with Crippen molar-refractivity contribution >= 4 is 5.91 Å². The highest BCUT2D eigenvalue weighted by Crippen LogP contribution is 2.53. The maximum absolute atomic E-state index is 12.1. The van der Waals surface area contributed by atoms with Gasteiger partial charge in [-0.25, -0.2) is 4.98 Å². The van der Waals surface area contributed by atoms with E-state index in [9.17, 15) is 4.79 Å². The van der Waals surface area contributed by atoms with Crippen molar-refractivity contribution in [3.8, 4) is 0 Å². The van der Waals surface area contributed by atoms with E-state index in [1.54, 1.807) is 12.5 Å². The number of H-pyrrole nitrogens is 1. The van der Waals surface area contributed by atoms with Gasteiger partial charge in [-0.15, -0.1) is 0 Å². The molecule has 4 aliphatic rings. The van der Waals surface area contributed by atoms with E-state index >= 15 is 0 Å². The molecule has 0 atom stereocenters. The van der Waals surface area contributed by atoms with Gasteiger partial charge < -0.3 is 10.3 Å². The molecule has 4 saturated carbocycles. The maximum atomic E-state index is 12.1. The Morgan fingerprint density at radius 2 is 1.83 bits per heavy atom. The number of carbonyl (C=O) groups excluding carboxylic acids is 1. The maximum Gasteiger partial charge on any atom is 0.269 e. The summed E-state index contributed by atoms with van der Waals surface area (Å²) in [5, 5.41) is 3.25. The molecular weight excluding hydrogens is 226 g/mol. The van der Waals surface area contributed by atoms with Crippen LogP contribution in [0.5, 0.6) is 0 Å². The van der Waals surface area contributed by atoms with E-state index in [1.165, 1.54) is 32.1 Å². The minimum absolute atomic E-state index is 0.0185. The van der Waals surface area contributed by atoms with Crippen molar-refractivity contribution in [1.82, 2.24) is 15.3 Å². The van der Waals surface area contributed by atoms with Crippen LogP contribution < -0.4 is 5.32 Å². The SMILES string of the molecule is O=C(NC1C2CC3CC(C2)CC1C3)c1cnc[nH]1. The number of hydrogen-bond acceptors (Lipinski definition) is 2. The summed E-state index contributed by atoms with van der Waals surface area (Å²) < 4.78 is 0. The number of nitrogens with zero attached hydrogens (tertiary/aromatic N) is 1. The summed E-state index contributed by atoms with van der Waals surface area (Å²) in [6.07, 6.45) is 9.95. The molecule has 0 aromatic carbocycles. The molecular formula is C14H19N3O. The first-order valence-electron chi connectivity index (χ1n) is 7.09. The summed E-state index contributed by atoms with van der Waals surface area (Å²) in [7, 11) is 0. The van der Waals surface area contributed by atoms with Crippen molar-refractivity contribution in [1.29, 1.82) is 0 Å². The van der Waals surface area contributed by atoms with Gasteiger partial charge in [0.15, 0.2) is 0 Å². The number of imidazole rings is 1. The van der Waals surface area contributed by atoms with Gasteiger partial charge >= 0.3 is 0 Å². The van der Waals surface area contributed by atoms with E-state index in [4.69, 9.17) is 0 Å². The zero-order valence-corrected chi connectivity index (χ0v) is 10.4. The third kappa shape index (κ3) is 1.58. The Balaban J connectivity index is 1.50. The molecule has 1 aromatic rings. The zero-order valence-electron chi connectivity index (χ0n) is 10.4. The van der Waals surface area contributed by atoms with Crippen LogP contribution in [0.15, 0.2) is 12.5 Å². The third-order valence-electron chi connectivity index (χ3n) is 5.27. The highest BCUT2D eigenvalue weighted by molar-refractivity contribution is 5.92. The Morgan fingerprint density at radius 3 is 2.39 bits per heavy atom. The number of nitrogens with one attached hydrogen (secondary N) is 2. The Kier molecular flexibility index (Phi) is 2.26. The standard InChI is InChI=1S/C14H19N3O/c18-14(12-6-15-7-16-12)17-13-10-2-8-1-9(4-10)5-11(13)3-8/h6-11,13H,1-5H2,(H,15,16)(H,17,18). The van der Waals surface area contributed by atoms with Crippen molar-refractivity contribution < 1.29 is 4.79 Å². The van der Waals surface area contributed by atoms with Crippen LogP contribution in [0, 0.1) is 23.7 Å². The first kappa shape index (κ1) is 10.6. The van der Waals surface area contributed by atoms with E-state index in [0.29, 0.717) is 11.7 Å². The molecule has 4 bridgehead atoms. The molecule has 1 heterocycles. The summed E-state index contributed by atoms with van der Waals surface area (Å²) in [6.45, 7) is 0. The molecule has 0 unspecified atom stereocenters. The summed E-state index contributed by atoms with van der Waals surface area (Å²) >= 11 is 0. The fourth-order valence-electron chi connectivity index (χ4n) is 4.77. The minimum atomic E-state index is 0.0185. The molecule has 4 heteroatoms. The first-order valence-corrected chi connectivity index (χ1v) is 7.09.